The van der Waals surface area contributed by atoms with Crippen molar-refractivity contribution in [2.45, 2.75) is 51.0 Å². The molecule has 170 valence electrons. The summed E-state index contributed by atoms with van der Waals surface area (Å²) >= 11 is 6.83. The molecule has 0 bridgehead atoms. The van der Waals surface area contributed by atoms with E-state index in [1.807, 2.05) is 0 Å². The molecule has 1 aliphatic carbocycles. The third-order valence-electron chi connectivity index (χ3n) is 6.00. The van der Waals surface area contributed by atoms with Gasteiger partial charge >= 0.3 is 0 Å². The highest BCUT2D eigenvalue weighted by atomic mass is 35.5. The monoisotopic (exact) mass is 475 g/mol. The lowest BCUT2D eigenvalue weighted by atomic mass is 9.93. The first kappa shape index (κ1) is 22.7. The second kappa shape index (κ2) is 10.4. The number of hydrogen-bond donors (Lipinski definition) is 2. The summed E-state index contributed by atoms with van der Waals surface area (Å²) < 4.78 is 0. The molecule has 2 aromatic rings. The summed E-state index contributed by atoms with van der Waals surface area (Å²) in [5, 5.41) is 14.6. The summed E-state index contributed by atoms with van der Waals surface area (Å²) in [6.07, 6.45) is 6.65. The van der Waals surface area contributed by atoms with Crippen LogP contribution in [0.4, 0.5) is 5.69 Å². The van der Waals surface area contributed by atoms with Crippen LogP contribution in [0, 0.1) is 5.92 Å². The molecule has 0 radical (unpaired) electrons. The average Bonchev–Trinajstić information content (AvgIpc) is 3.48. The lowest BCUT2D eigenvalue weighted by Gasteiger charge is -2.31. The smallest absolute Gasteiger partial charge is 0.286 e. The zero-order valence-corrected chi connectivity index (χ0v) is 19.3. The molecule has 1 saturated heterocycles. The zero-order valence-electron chi connectivity index (χ0n) is 17.7. The SMILES string of the molecule is O=C(CC1CCN(C(=O)c2nnc(C(=O)Nc3ccc(Cl)cc3)s2)CC1)NC1CCCC1. The lowest BCUT2D eigenvalue weighted by molar-refractivity contribution is -0.123. The molecule has 1 aromatic heterocycles. The first-order valence-corrected chi connectivity index (χ1v) is 12.2. The molecule has 0 spiro atoms. The molecule has 0 atom stereocenters. The minimum absolute atomic E-state index is 0.127. The van der Waals surface area contributed by atoms with Crippen LogP contribution in [0.3, 0.4) is 0 Å². The van der Waals surface area contributed by atoms with Crippen LogP contribution in [0.15, 0.2) is 24.3 Å². The summed E-state index contributed by atoms with van der Waals surface area (Å²) in [6, 6.07) is 7.06. The van der Waals surface area contributed by atoms with Crippen molar-refractivity contribution in [1.82, 2.24) is 20.4 Å². The molecule has 8 nitrogen and oxygen atoms in total. The Bertz CT molecular complexity index is 966. The van der Waals surface area contributed by atoms with Crippen molar-refractivity contribution in [3.8, 4) is 0 Å². The highest BCUT2D eigenvalue weighted by molar-refractivity contribution is 7.15. The molecule has 3 amide bonds. The molecule has 2 heterocycles. The molecule has 4 rings (SSSR count). The number of aromatic nitrogens is 2. The Morgan fingerprint density at radius 3 is 2.34 bits per heavy atom. The molecule has 10 heteroatoms. The molecule has 2 aliphatic rings. The number of benzene rings is 1. The third-order valence-corrected chi connectivity index (χ3v) is 7.16. The van der Waals surface area contributed by atoms with E-state index in [1.54, 1.807) is 29.2 Å². The maximum atomic E-state index is 12.8. The Morgan fingerprint density at radius 1 is 1.00 bits per heavy atom. The molecule has 0 unspecified atom stereocenters. The molecule has 2 fully saturated rings. The van der Waals surface area contributed by atoms with E-state index in [0.717, 1.165) is 37.0 Å². The second-order valence-electron chi connectivity index (χ2n) is 8.36. The predicted octanol–water partition coefficient (Wildman–Crippen LogP) is 3.74. The standard InChI is InChI=1S/C22H26ClN5O3S/c23-15-5-7-17(8-6-15)25-19(30)20-26-27-21(32-20)22(31)28-11-9-14(10-12-28)13-18(29)24-16-3-1-2-4-16/h5-8,14,16H,1-4,9-13H2,(H,24,29)(H,25,30). The lowest BCUT2D eigenvalue weighted by Crippen LogP contribution is -2.40. The number of hydrogen-bond acceptors (Lipinski definition) is 6. The Hall–Kier alpha value is -2.52. The maximum absolute atomic E-state index is 12.8. The number of rotatable bonds is 6. The Morgan fingerprint density at radius 2 is 1.66 bits per heavy atom. The molecule has 2 N–H and O–H groups in total. The topological polar surface area (TPSA) is 104 Å². The first-order valence-electron chi connectivity index (χ1n) is 11.0. The number of piperidine rings is 1. The van der Waals surface area contributed by atoms with Crippen molar-refractivity contribution >= 4 is 46.3 Å². The Balaban J connectivity index is 1.25. The largest absolute Gasteiger partial charge is 0.353 e. The molecular formula is C22H26ClN5O3S. The van der Waals surface area contributed by atoms with E-state index in [1.165, 1.54) is 12.8 Å². The van der Waals surface area contributed by atoms with Gasteiger partial charge in [0.05, 0.1) is 0 Å². The summed E-state index contributed by atoms with van der Waals surface area (Å²) in [4.78, 5) is 39.2. The van der Waals surface area contributed by atoms with E-state index in [4.69, 9.17) is 11.6 Å². The summed E-state index contributed by atoms with van der Waals surface area (Å²) in [5.41, 5.74) is 0.585. The van der Waals surface area contributed by atoms with Gasteiger partial charge < -0.3 is 15.5 Å². The Kier molecular flexibility index (Phi) is 7.36. The number of nitrogens with one attached hydrogen (secondary N) is 2. The van der Waals surface area contributed by atoms with Gasteiger partial charge in [-0.2, -0.15) is 0 Å². The van der Waals surface area contributed by atoms with Crippen LogP contribution in [0.1, 0.15) is 64.6 Å². The van der Waals surface area contributed by atoms with Gasteiger partial charge in [0.25, 0.3) is 11.8 Å². The van der Waals surface area contributed by atoms with E-state index in [2.05, 4.69) is 20.8 Å². The number of nitrogens with zero attached hydrogens (tertiary/aromatic N) is 3. The van der Waals surface area contributed by atoms with Gasteiger partial charge in [-0.15, -0.1) is 10.2 Å². The van der Waals surface area contributed by atoms with Crippen molar-refractivity contribution in [3.05, 3.63) is 39.3 Å². The number of likely N-dealkylation sites (tertiary alicyclic amines) is 1. The molecule has 1 aliphatic heterocycles. The number of carbonyl (C=O) groups excluding carboxylic acids is 3. The fourth-order valence-electron chi connectivity index (χ4n) is 4.21. The minimum Gasteiger partial charge on any atom is -0.353 e. The van der Waals surface area contributed by atoms with Crippen LogP contribution in [0.5, 0.6) is 0 Å². The molecule has 32 heavy (non-hydrogen) atoms. The molecule has 1 aromatic carbocycles. The van der Waals surface area contributed by atoms with E-state index < -0.39 is 5.91 Å². The van der Waals surface area contributed by atoms with Crippen LogP contribution >= 0.6 is 22.9 Å². The van der Waals surface area contributed by atoms with Gasteiger partial charge in [-0.1, -0.05) is 35.8 Å². The van der Waals surface area contributed by atoms with Crippen molar-refractivity contribution in [2.24, 2.45) is 5.92 Å². The van der Waals surface area contributed by atoms with Gasteiger partial charge in [-0.3, -0.25) is 14.4 Å². The second-order valence-corrected chi connectivity index (χ2v) is 9.78. The summed E-state index contributed by atoms with van der Waals surface area (Å²) in [7, 11) is 0. The van der Waals surface area contributed by atoms with Gasteiger partial charge in [0.15, 0.2) is 0 Å². The van der Waals surface area contributed by atoms with Crippen molar-refractivity contribution in [3.63, 3.8) is 0 Å². The van der Waals surface area contributed by atoms with E-state index >= 15 is 0 Å². The number of carbonyl (C=O) groups is 3. The van der Waals surface area contributed by atoms with Crippen LogP contribution in [-0.4, -0.2) is 52.0 Å². The van der Waals surface area contributed by atoms with Crippen LogP contribution in [0.2, 0.25) is 5.02 Å². The van der Waals surface area contributed by atoms with Crippen LogP contribution in [-0.2, 0) is 4.79 Å². The highest BCUT2D eigenvalue weighted by Crippen LogP contribution is 2.24. The van der Waals surface area contributed by atoms with E-state index in [-0.39, 0.29) is 27.7 Å². The van der Waals surface area contributed by atoms with E-state index in [0.29, 0.717) is 36.3 Å². The third kappa shape index (κ3) is 5.83. The summed E-state index contributed by atoms with van der Waals surface area (Å²) in [6.45, 7) is 1.15. The average molecular weight is 476 g/mol. The predicted molar refractivity (Wildman–Crippen MR) is 123 cm³/mol. The Labute approximate surface area is 195 Å². The number of anilines is 1. The van der Waals surface area contributed by atoms with Gasteiger partial charge in [-0.25, -0.2) is 0 Å². The van der Waals surface area contributed by atoms with Gasteiger partial charge in [-0.05, 0) is 55.9 Å². The normalized spacial score (nSPS) is 17.3. The van der Waals surface area contributed by atoms with Gasteiger partial charge in [0.2, 0.25) is 15.9 Å². The van der Waals surface area contributed by atoms with Crippen molar-refractivity contribution < 1.29 is 14.4 Å². The van der Waals surface area contributed by atoms with Crippen molar-refractivity contribution in [2.75, 3.05) is 18.4 Å². The quantitative estimate of drug-likeness (QED) is 0.662. The number of halogens is 1. The first-order chi connectivity index (χ1) is 15.5. The summed E-state index contributed by atoms with van der Waals surface area (Å²) in [5.74, 6) is -0.226. The fourth-order valence-corrected chi connectivity index (χ4v) is 5.05. The maximum Gasteiger partial charge on any atom is 0.286 e. The minimum atomic E-state index is -0.421. The van der Waals surface area contributed by atoms with Crippen molar-refractivity contribution in [1.29, 1.82) is 0 Å². The molecule has 1 saturated carbocycles. The number of amides is 3. The van der Waals surface area contributed by atoms with Gasteiger partial charge in [0, 0.05) is 36.3 Å². The van der Waals surface area contributed by atoms with Crippen LogP contribution < -0.4 is 10.6 Å². The molecular weight excluding hydrogens is 450 g/mol. The van der Waals surface area contributed by atoms with Gasteiger partial charge in [0.1, 0.15) is 0 Å². The van der Waals surface area contributed by atoms with E-state index in [9.17, 15) is 14.4 Å². The highest BCUT2D eigenvalue weighted by Gasteiger charge is 2.28. The zero-order chi connectivity index (χ0) is 22.5. The fraction of sp³-hybridized carbons (Fsp3) is 0.500. The van der Waals surface area contributed by atoms with Crippen LogP contribution in [0.25, 0.3) is 0 Å².